The second kappa shape index (κ2) is 10.4. The van der Waals surface area contributed by atoms with Crippen molar-refractivity contribution in [3.8, 4) is 10.6 Å². The van der Waals surface area contributed by atoms with Crippen molar-refractivity contribution in [1.29, 1.82) is 0 Å². The third kappa shape index (κ3) is 5.91. The summed E-state index contributed by atoms with van der Waals surface area (Å²) in [6.45, 7) is 13.2. The zero-order valence-electron chi connectivity index (χ0n) is 19.3. The topological polar surface area (TPSA) is 66.4 Å². The number of hydrogen-bond donors (Lipinski definition) is 0. The van der Waals surface area contributed by atoms with Crippen LogP contribution in [-0.2, 0) is 4.79 Å². The number of aromatic nitrogens is 2. The van der Waals surface area contributed by atoms with E-state index in [0.717, 1.165) is 42.2 Å². The molecule has 2 aromatic heterocycles. The van der Waals surface area contributed by atoms with Crippen LogP contribution in [0.2, 0.25) is 0 Å². The van der Waals surface area contributed by atoms with Crippen molar-refractivity contribution in [3.05, 3.63) is 35.1 Å². The van der Waals surface area contributed by atoms with Crippen LogP contribution in [0.5, 0.6) is 0 Å². The van der Waals surface area contributed by atoms with Crippen molar-refractivity contribution in [3.63, 3.8) is 0 Å². The molecule has 1 saturated heterocycles. The van der Waals surface area contributed by atoms with Gasteiger partial charge in [-0.2, -0.15) is 0 Å². The van der Waals surface area contributed by atoms with E-state index < -0.39 is 0 Å². The second-order valence-corrected chi connectivity index (χ2v) is 10.3. The van der Waals surface area contributed by atoms with Crippen LogP contribution in [-0.4, -0.2) is 57.8 Å². The minimum absolute atomic E-state index is 0.0121. The fraction of sp³-hybridized carbons (Fsp3) is 0.583. The van der Waals surface area contributed by atoms with Gasteiger partial charge in [-0.15, -0.1) is 11.3 Å². The first-order valence-corrected chi connectivity index (χ1v) is 12.0. The molecule has 0 N–H and O–H groups in total. The first-order chi connectivity index (χ1) is 14.8. The van der Waals surface area contributed by atoms with Gasteiger partial charge in [-0.25, -0.2) is 4.98 Å². The lowest BCUT2D eigenvalue weighted by Gasteiger charge is -2.36. The minimum atomic E-state index is -0.124. The first kappa shape index (κ1) is 23.4. The molecule has 0 bridgehead atoms. The van der Waals surface area contributed by atoms with Crippen molar-refractivity contribution in [2.75, 3.05) is 26.2 Å². The molecule has 1 aliphatic rings. The van der Waals surface area contributed by atoms with Crippen LogP contribution in [0.15, 0.2) is 24.5 Å². The van der Waals surface area contributed by atoms with Crippen molar-refractivity contribution in [2.24, 2.45) is 17.8 Å². The molecular weight excluding hydrogens is 408 g/mol. The summed E-state index contributed by atoms with van der Waals surface area (Å²) in [5, 5.41) is 0.804. The van der Waals surface area contributed by atoms with Gasteiger partial charge in [0.05, 0.1) is 11.6 Å². The number of nitrogens with zero attached hydrogens (tertiary/aromatic N) is 4. The van der Waals surface area contributed by atoms with Crippen molar-refractivity contribution >= 4 is 23.2 Å². The number of rotatable bonds is 7. The number of thiazole rings is 1. The van der Waals surface area contributed by atoms with Crippen LogP contribution in [0.4, 0.5) is 0 Å². The van der Waals surface area contributed by atoms with Gasteiger partial charge in [0.1, 0.15) is 9.88 Å². The average Bonchev–Trinajstić information content (AvgIpc) is 3.14. The molecule has 3 rings (SSSR count). The van der Waals surface area contributed by atoms with E-state index in [9.17, 15) is 9.59 Å². The second-order valence-electron chi connectivity index (χ2n) is 9.30. The Labute approximate surface area is 189 Å². The van der Waals surface area contributed by atoms with Gasteiger partial charge in [0.15, 0.2) is 0 Å². The molecule has 0 aromatic carbocycles. The average molecular weight is 443 g/mol. The predicted octanol–water partition coefficient (Wildman–Crippen LogP) is 4.51. The number of carbonyl (C=O) groups excluding carboxylic acids is 2. The molecule has 2 aromatic rings. The van der Waals surface area contributed by atoms with Crippen molar-refractivity contribution < 1.29 is 9.59 Å². The van der Waals surface area contributed by atoms with E-state index in [2.05, 4.69) is 37.7 Å². The fourth-order valence-electron chi connectivity index (χ4n) is 4.11. The number of piperidine rings is 1. The summed E-state index contributed by atoms with van der Waals surface area (Å²) in [7, 11) is 0. The van der Waals surface area contributed by atoms with E-state index in [0.29, 0.717) is 29.8 Å². The van der Waals surface area contributed by atoms with Crippen LogP contribution in [0, 0.1) is 24.7 Å². The zero-order chi connectivity index (χ0) is 22.5. The molecule has 31 heavy (non-hydrogen) atoms. The molecule has 7 heteroatoms. The lowest BCUT2D eigenvalue weighted by Crippen LogP contribution is -2.48. The molecule has 6 nitrogen and oxygen atoms in total. The maximum absolute atomic E-state index is 13.3. The Balaban J connectivity index is 1.73. The van der Waals surface area contributed by atoms with Crippen molar-refractivity contribution in [2.45, 2.75) is 47.5 Å². The smallest absolute Gasteiger partial charge is 0.265 e. The molecule has 1 unspecified atom stereocenters. The van der Waals surface area contributed by atoms with E-state index in [-0.39, 0.29) is 17.7 Å². The van der Waals surface area contributed by atoms with E-state index in [4.69, 9.17) is 0 Å². The largest absolute Gasteiger partial charge is 0.342 e. The molecule has 3 heterocycles. The zero-order valence-corrected chi connectivity index (χ0v) is 20.1. The molecule has 1 fully saturated rings. The lowest BCUT2D eigenvalue weighted by molar-refractivity contribution is -0.138. The Kier molecular flexibility index (Phi) is 7.81. The van der Waals surface area contributed by atoms with Crippen LogP contribution in [0.1, 0.15) is 55.9 Å². The molecule has 1 atom stereocenters. The standard InChI is InChI=1S/C24H34N4O2S/c1-16(2)13-28(14-17(3)4)23(29)20-9-7-11-27(15-20)24(30)21-18(5)26-22(31-21)19-8-6-10-25-12-19/h6,8,10,12,16-17,20H,7,9,11,13-15H2,1-5H3. The third-order valence-corrected chi connectivity index (χ3v) is 6.63. The Hall–Kier alpha value is -2.28. The highest BCUT2D eigenvalue weighted by atomic mass is 32.1. The summed E-state index contributed by atoms with van der Waals surface area (Å²) in [6.07, 6.45) is 5.19. The van der Waals surface area contributed by atoms with Gasteiger partial charge in [0.25, 0.3) is 5.91 Å². The number of hydrogen-bond acceptors (Lipinski definition) is 5. The SMILES string of the molecule is Cc1nc(-c2cccnc2)sc1C(=O)N1CCCC(C(=O)N(CC(C)C)CC(C)C)C1. The van der Waals surface area contributed by atoms with E-state index in [1.54, 1.807) is 12.4 Å². The highest BCUT2D eigenvalue weighted by molar-refractivity contribution is 7.17. The molecule has 0 saturated carbocycles. The van der Waals surface area contributed by atoms with Gasteiger partial charge in [-0.1, -0.05) is 27.7 Å². The molecular formula is C24H34N4O2S. The fourth-order valence-corrected chi connectivity index (χ4v) is 5.13. The van der Waals surface area contributed by atoms with E-state index >= 15 is 0 Å². The van der Waals surface area contributed by atoms with Gasteiger partial charge < -0.3 is 9.80 Å². The minimum Gasteiger partial charge on any atom is -0.342 e. The maximum Gasteiger partial charge on any atom is 0.265 e. The summed E-state index contributed by atoms with van der Waals surface area (Å²) in [5.41, 5.74) is 1.66. The Bertz CT molecular complexity index is 884. The number of aryl methyl sites for hydroxylation is 1. The molecule has 168 valence electrons. The summed E-state index contributed by atoms with van der Waals surface area (Å²) in [6, 6.07) is 3.82. The summed E-state index contributed by atoms with van der Waals surface area (Å²) >= 11 is 1.41. The number of likely N-dealkylation sites (tertiary alicyclic amines) is 1. The van der Waals surface area contributed by atoms with Gasteiger partial charge in [0.2, 0.25) is 5.91 Å². The van der Waals surface area contributed by atoms with Gasteiger partial charge in [0, 0.05) is 44.1 Å². The normalized spacial score (nSPS) is 16.7. The highest BCUT2D eigenvalue weighted by Gasteiger charge is 2.33. The maximum atomic E-state index is 13.3. The highest BCUT2D eigenvalue weighted by Crippen LogP contribution is 2.30. The number of pyridine rings is 1. The molecule has 2 amide bonds. The lowest BCUT2D eigenvalue weighted by atomic mass is 9.95. The quantitative estimate of drug-likeness (QED) is 0.633. The Morgan fingerprint density at radius 2 is 1.94 bits per heavy atom. The van der Waals surface area contributed by atoms with Crippen LogP contribution < -0.4 is 0 Å². The number of amides is 2. The monoisotopic (exact) mass is 442 g/mol. The predicted molar refractivity (Wildman–Crippen MR) is 125 cm³/mol. The first-order valence-electron chi connectivity index (χ1n) is 11.2. The molecule has 0 spiro atoms. The van der Waals surface area contributed by atoms with E-state index in [1.807, 2.05) is 28.9 Å². The molecule has 1 aliphatic heterocycles. The van der Waals surface area contributed by atoms with Gasteiger partial charge in [-0.05, 0) is 43.7 Å². The van der Waals surface area contributed by atoms with Crippen LogP contribution in [0.3, 0.4) is 0 Å². The summed E-state index contributed by atoms with van der Waals surface area (Å²) in [4.78, 5) is 39.9. The summed E-state index contributed by atoms with van der Waals surface area (Å²) < 4.78 is 0. The van der Waals surface area contributed by atoms with Gasteiger partial charge >= 0.3 is 0 Å². The van der Waals surface area contributed by atoms with Crippen LogP contribution >= 0.6 is 11.3 Å². The van der Waals surface area contributed by atoms with Gasteiger partial charge in [-0.3, -0.25) is 14.6 Å². The molecule has 0 aliphatic carbocycles. The third-order valence-electron chi connectivity index (χ3n) is 5.44. The Morgan fingerprint density at radius 1 is 1.23 bits per heavy atom. The number of carbonyl (C=O) groups is 2. The van der Waals surface area contributed by atoms with Crippen molar-refractivity contribution in [1.82, 2.24) is 19.8 Å². The molecule has 0 radical (unpaired) electrons. The van der Waals surface area contributed by atoms with Crippen LogP contribution in [0.25, 0.3) is 10.6 Å². The Morgan fingerprint density at radius 3 is 2.55 bits per heavy atom. The summed E-state index contributed by atoms with van der Waals surface area (Å²) in [5.74, 6) is 0.907. The van der Waals surface area contributed by atoms with E-state index in [1.165, 1.54) is 11.3 Å².